The van der Waals surface area contributed by atoms with Crippen LogP contribution in [0.1, 0.15) is 45.1 Å². The molecule has 1 aromatic heterocycles. The van der Waals surface area contributed by atoms with Crippen LogP contribution in [0, 0.1) is 25.6 Å². The molecule has 1 heterocycles. The minimum absolute atomic E-state index is 0.132. The van der Waals surface area contributed by atoms with Gasteiger partial charge in [-0.2, -0.15) is 0 Å². The van der Waals surface area contributed by atoms with Crippen molar-refractivity contribution in [1.82, 2.24) is 10.3 Å². The predicted molar refractivity (Wildman–Crippen MR) is 119 cm³/mol. The van der Waals surface area contributed by atoms with E-state index in [1.54, 1.807) is 37.3 Å². The largest absolute Gasteiger partial charge is 0.352 e. The molecule has 0 aliphatic carbocycles. The van der Waals surface area contributed by atoms with Crippen LogP contribution in [0.15, 0.2) is 42.5 Å². The van der Waals surface area contributed by atoms with E-state index in [-0.39, 0.29) is 17.6 Å². The van der Waals surface area contributed by atoms with Crippen LogP contribution < -0.4 is 10.6 Å². The van der Waals surface area contributed by atoms with Crippen molar-refractivity contribution < 1.29 is 14.0 Å². The summed E-state index contributed by atoms with van der Waals surface area (Å²) < 4.78 is 13.1. The number of amides is 2. The molecule has 3 rings (SSSR count). The Morgan fingerprint density at radius 3 is 2.40 bits per heavy atom. The lowest BCUT2D eigenvalue weighted by Gasteiger charge is -2.11. The zero-order valence-electron chi connectivity index (χ0n) is 17.4. The van der Waals surface area contributed by atoms with E-state index >= 15 is 0 Å². The Balaban J connectivity index is 1.74. The zero-order valence-corrected chi connectivity index (χ0v) is 18.2. The zero-order chi connectivity index (χ0) is 21.8. The molecule has 0 saturated carbocycles. The van der Waals surface area contributed by atoms with Gasteiger partial charge in [0.2, 0.25) is 0 Å². The molecule has 0 bridgehead atoms. The summed E-state index contributed by atoms with van der Waals surface area (Å²) in [5, 5.41) is 6.44. The second-order valence-electron chi connectivity index (χ2n) is 7.53. The van der Waals surface area contributed by atoms with E-state index in [9.17, 15) is 14.0 Å². The molecule has 2 amide bonds. The highest BCUT2D eigenvalue weighted by Crippen LogP contribution is 2.29. The fourth-order valence-electron chi connectivity index (χ4n) is 2.85. The van der Waals surface area contributed by atoms with Crippen molar-refractivity contribution in [1.29, 1.82) is 0 Å². The number of aryl methyl sites for hydroxylation is 2. The number of halogens is 1. The van der Waals surface area contributed by atoms with Crippen molar-refractivity contribution in [2.45, 2.75) is 27.7 Å². The van der Waals surface area contributed by atoms with E-state index < -0.39 is 0 Å². The first-order valence-electron chi connectivity index (χ1n) is 9.68. The number of nitrogens with zero attached hydrogens (tertiary/aromatic N) is 1. The summed E-state index contributed by atoms with van der Waals surface area (Å²) in [6.07, 6.45) is 0. The monoisotopic (exact) mass is 425 g/mol. The van der Waals surface area contributed by atoms with E-state index in [2.05, 4.69) is 15.6 Å². The molecule has 0 saturated heterocycles. The highest BCUT2D eigenvalue weighted by atomic mass is 32.1. The Morgan fingerprint density at radius 1 is 1.07 bits per heavy atom. The molecule has 3 aromatic rings. The second-order valence-corrected chi connectivity index (χ2v) is 8.53. The first-order valence-corrected chi connectivity index (χ1v) is 10.5. The maximum atomic E-state index is 13.1. The normalized spacial score (nSPS) is 10.9. The molecule has 0 aliphatic heterocycles. The van der Waals surface area contributed by atoms with E-state index in [1.807, 2.05) is 20.8 Å². The van der Waals surface area contributed by atoms with E-state index in [0.717, 1.165) is 11.1 Å². The maximum absolute atomic E-state index is 13.1. The summed E-state index contributed by atoms with van der Waals surface area (Å²) in [6.45, 7) is 8.29. The van der Waals surface area contributed by atoms with Crippen molar-refractivity contribution in [3.05, 3.63) is 70.0 Å². The fourth-order valence-corrected chi connectivity index (χ4v) is 3.81. The highest BCUT2D eigenvalue weighted by Gasteiger charge is 2.18. The van der Waals surface area contributed by atoms with Gasteiger partial charge in [-0.1, -0.05) is 13.8 Å². The average molecular weight is 426 g/mol. The Labute approximate surface area is 179 Å². The van der Waals surface area contributed by atoms with Crippen molar-refractivity contribution in [2.24, 2.45) is 5.92 Å². The van der Waals surface area contributed by atoms with Crippen LogP contribution >= 0.6 is 11.3 Å². The molecule has 156 valence electrons. The lowest BCUT2D eigenvalue weighted by atomic mass is 10.1. The van der Waals surface area contributed by atoms with Gasteiger partial charge in [0.25, 0.3) is 11.8 Å². The predicted octanol–water partition coefficient (Wildman–Crippen LogP) is 5.20. The van der Waals surface area contributed by atoms with Crippen LogP contribution in [0.4, 0.5) is 10.1 Å². The molecular formula is C23H24FN3O2S. The minimum atomic E-state index is -0.318. The van der Waals surface area contributed by atoms with Crippen LogP contribution in [-0.4, -0.2) is 23.3 Å². The molecule has 0 atom stereocenters. The third-order valence-electron chi connectivity index (χ3n) is 4.50. The summed E-state index contributed by atoms with van der Waals surface area (Å²) in [6, 6.07) is 11.2. The topological polar surface area (TPSA) is 71.1 Å². The molecule has 0 radical (unpaired) electrons. The van der Waals surface area contributed by atoms with Crippen molar-refractivity contribution in [3.63, 3.8) is 0 Å². The molecule has 0 aliphatic rings. The maximum Gasteiger partial charge on any atom is 0.267 e. The molecule has 0 fully saturated rings. The van der Waals surface area contributed by atoms with Gasteiger partial charge in [0.05, 0.1) is 5.69 Å². The number of nitrogens with one attached hydrogen (secondary N) is 2. The smallest absolute Gasteiger partial charge is 0.267 e. The van der Waals surface area contributed by atoms with Gasteiger partial charge in [-0.3, -0.25) is 9.59 Å². The Bertz CT molecular complexity index is 1070. The SMILES string of the molecule is Cc1cc(C(=O)NCC(C)C)ccc1NC(=O)c1sc(-c2ccc(F)cc2)nc1C. The van der Waals surface area contributed by atoms with Gasteiger partial charge in [0.15, 0.2) is 0 Å². The van der Waals surface area contributed by atoms with Crippen molar-refractivity contribution >= 4 is 28.8 Å². The van der Waals surface area contributed by atoms with Crippen molar-refractivity contribution in [3.8, 4) is 10.6 Å². The van der Waals surface area contributed by atoms with Gasteiger partial charge < -0.3 is 10.6 Å². The quantitative estimate of drug-likeness (QED) is 0.570. The highest BCUT2D eigenvalue weighted by molar-refractivity contribution is 7.17. The number of hydrogen-bond donors (Lipinski definition) is 2. The summed E-state index contributed by atoms with van der Waals surface area (Å²) >= 11 is 1.26. The molecule has 0 spiro atoms. The van der Waals surface area contributed by atoms with Crippen molar-refractivity contribution in [2.75, 3.05) is 11.9 Å². The number of carbonyl (C=O) groups is 2. The Morgan fingerprint density at radius 2 is 1.77 bits per heavy atom. The summed E-state index contributed by atoms with van der Waals surface area (Å²) in [5.41, 5.74) is 3.35. The van der Waals surface area contributed by atoms with Crippen LogP contribution in [0.2, 0.25) is 0 Å². The van der Waals surface area contributed by atoms with E-state index in [0.29, 0.717) is 39.3 Å². The first-order chi connectivity index (χ1) is 14.2. The molecule has 2 N–H and O–H groups in total. The van der Waals surface area contributed by atoms with Crippen LogP contribution in [0.3, 0.4) is 0 Å². The van der Waals surface area contributed by atoms with E-state index in [1.165, 1.54) is 23.5 Å². The number of aromatic nitrogens is 1. The van der Waals surface area contributed by atoms with Gasteiger partial charge >= 0.3 is 0 Å². The minimum Gasteiger partial charge on any atom is -0.352 e. The summed E-state index contributed by atoms with van der Waals surface area (Å²) in [7, 11) is 0. The molecule has 0 unspecified atom stereocenters. The number of benzene rings is 2. The Kier molecular flexibility index (Phi) is 6.62. The third kappa shape index (κ3) is 5.10. The summed E-state index contributed by atoms with van der Waals surface area (Å²) in [5.74, 6) is -0.344. The molecular weight excluding hydrogens is 401 g/mol. The molecule has 30 heavy (non-hydrogen) atoms. The Hall–Kier alpha value is -3.06. The second kappa shape index (κ2) is 9.17. The lowest BCUT2D eigenvalue weighted by Crippen LogP contribution is -2.27. The number of carbonyl (C=O) groups excluding carboxylic acids is 2. The molecule has 5 nitrogen and oxygen atoms in total. The first kappa shape index (κ1) is 21.6. The number of rotatable bonds is 6. The van der Waals surface area contributed by atoms with Gasteiger partial charge in [0, 0.05) is 23.4 Å². The number of thiazole rings is 1. The van der Waals surface area contributed by atoms with Crippen LogP contribution in [0.25, 0.3) is 10.6 Å². The van der Waals surface area contributed by atoms with Crippen LogP contribution in [0.5, 0.6) is 0 Å². The number of hydrogen-bond acceptors (Lipinski definition) is 4. The van der Waals surface area contributed by atoms with E-state index in [4.69, 9.17) is 0 Å². The third-order valence-corrected chi connectivity index (χ3v) is 5.71. The van der Waals surface area contributed by atoms with Gasteiger partial charge in [-0.25, -0.2) is 9.37 Å². The summed E-state index contributed by atoms with van der Waals surface area (Å²) in [4.78, 5) is 30.0. The fraction of sp³-hybridized carbons (Fsp3) is 0.261. The van der Waals surface area contributed by atoms with Gasteiger partial charge in [-0.15, -0.1) is 11.3 Å². The van der Waals surface area contributed by atoms with Gasteiger partial charge in [-0.05, 0) is 67.8 Å². The average Bonchev–Trinajstić information content (AvgIpc) is 3.09. The number of anilines is 1. The lowest BCUT2D eigenvalue weighted by molar-refractivity contribution is 0.0948. The standard InChI is InChI=1S/C23H24FN3O2S/c1-13(2)12-25-21(28)17-7-10-19(14(3)11-17)27-22(29)20-15(4)26-23(30-20)16-5-8-18(24)9-6-16/h5-11,13H,12H2,1-4H3,(H,25,28)(H,27,29). The van der Waals surface area contributed by atoms with Crippen LogP contribution in [-0.2, 0) is 0 Å². The van der Waals surface area contributed by atoms with Gasteiger partial charge in [0.1, 0.15) is 15.7 Å². The molecule has 2 aromatic carbocycles. The molecule has 7 heteroatoms.